The Kier molecular flexibility index (Phi) is 5.66. The second-order valence-corrected chi connectivity index (χ2v) is 6.03. The van der Waals surface area contributed by atoms with Crippen molar-refractivity contribution in [3.05, 3.63) is 28.8 Å². The molecule has 0 radical (unpaired) electrons. The van der Waals surface area contributed by atoms with Crippen LogP contribution in [0.4, 0.5) is 5.69 Å². The molecule has 2 rings (SSSR count). The fourth-order valence-corrected chi connectivity index (χ4v) is 2.80. The van der Waals surface area contributed by atoms with Gasteiger partial charge >= 0.3 is 5.97 Å². The molecule has 0 bridgehead atoms. The van der Waals surface area contributed by atoms with Crippen LogP contribution in [0.15, 0.2) is 18.2 Å². The van der Waals surface area contributed by atoms with Crippen LogP contribution in [0.1, 0.15) is 30.1 Å². The summed E-state index contributed by atoms with van der Waals surface area (Å²) >= 11 is 5.97. The van der Waals surface area contributed by atoms with Gasteiger partial charge in [0.25, 0.3) is 0 Å². The summed E-state index contributed by atoms with van der Waals surface area (Å²) in [7, 11) is 1.31. The number of likely N-dealkylation sites (tertiary alicyclic amines) is 1. The molecule has 0 spiro atoms. The zero-order valence-electron chi connectivity index (χ0n) is 12.9. The lowest BCUT2D eigenvalue weighted by atomic mass is 10.0. The molecule has 0 aliphatic carbocycles. The van der Waals surface area contributed by atoms with Crippen molar-refractivity contribution in [2.24, 2.45) is 5.92 Å². The average molecular weight is 325 g/mol. The molecule has 1 aliphatic rings. The van der Waals surface area contributed by atoms with Crippen LogP contribution in [0.25, 0.3) is 0 Å². The fourth-order valence-electron chi connectivity index (χ4n) is 2.61. The molecule has 1 aromatic carbocycles. The normalized spacial score (nSPS) is 18.0. The zero-order chi connectivity index (χ0) is 16.1. The number of ether oxygens (including phenoxy) is 1. The van der Waals surface area contributed by atoms with E-state index in [0.29, 0.717) is 16.6 Å². The minimum atomic E-state index is -0.496. The summed E-state index contributed by atoms with van der Waals surface area (Å²) in [6, 6.07) is 4.95. The van der Waals surface area contributed by atoms with E-state index in [1.165, 1.54) is 13.5 Å². The number of esters is 1. The summed E-state index contributed by atoms with van der Waals surface area (Å²) in [6.07, 6.45) is 2.23. The summed E-state index contributed by atoms with van der Waals surface area (Å²) in [5.74, 6) is 0.130. The predicted octanol–water partition coefficient (Wildman–Crippen LogP) is 2.80. The Balaban J connectivity index is 1.96. The smallest absolute Gasteiger partial charge is 0.339 e. The van der Waals surface area contributed by atoms with Crippen molar-refractivity contribution in [2.45, 2.75) is 19.8 Å². The van der Waals surface area contributed by atoms with Gasteiger partial charge in [0.1, 0.15) is 0 Å². The maximum atomic E-state index is 12.2. The summed E-state index contributed by atoms with van der Waals surface area (Å²) in [5.41, 5.74) is 0.955. The van der Waals surface area contributed by atoms with E-state index < -0.39 is 5.97 Å². The van der Waals surface area contributed by atoms with E-state index in [9.17, 15) is 9.59 Å². The van der Waals surface area contributed by atoms with Gasteiger partial charge in [0, 0.05) is 18.8 Å². The predicted molar refractivity (Wildman–Crippen MR) is 86.3 cm³/mol. The molecule has 0 aromatic heterocycles. The van der Waals surface area contributed by atoms with E-state index in [2.05, 4.69) is 17.0 Å². The van der Waals surface area contributed by atoms with E-state index in [0.717, 1.165) is 19.5 Å². The maximum Gasteiger partial charge on any atom is 0.339 e. The van der Waals surface area contributed by atoms with Gasteiger partial charge in [0.2, 0.25) is 5.91 Å². The SMILES string of the molecule is COC(=O)c1cc(NCC(=O)N2CCCC(C)C2)ccc1Cl. The van der Waals surface area contributed by atoms with E-state index in [1.54, 1.807) is 18.2 Å². The van der Waals surface area contributed by atoms with Gasteiger partial charge in [-0.3, -0.25) is 4.79 Å². The minimum Gasteiger partial charge on any atom is -0.465 e. The Hall–Kier alpha value is -1.75. The molecule has 1 aliphatic heterocycles. The van der Waals surface area contributed by atoms with Crippen LogP contribution in [0.2, 0.25) is 5.02 Å². The Labute approximate surface area is 135 Å². The third-order valence-corrected chi connectivity index (χ3v) is 4.15. The minimum absolute atomic E-state index is 0.0705. The number of methoxy groups -OCH3 is 1. The van der Waals surface area contributed by atoms with E-state index in [-0.39, 0.29) is 18.0 Å². The Morgan fingerprint density at radius 2 is 2.23 bits per heavy atom. The van der Waals surface area contributed by atoms with Crippen LogP contribution in [0, 0.1) is 5.92 Å². The fraction of sp³-hybridized carbons (Fsp3) is 0.500. The number of hydrogen-bond donors (Lipinski definition) is 1. The molecule has 1 unspecified atom stereocenters. The highest BCUT2D eigenvalue weighted by atomic mass is 35.5. The second kappa shape index (κ2) is 7.49. The highest BCUT2D eigenvalue weighted by Crippen LogP contribution is 2.21. The number of nitrogens with zero attached hydrogens (tertiary/aromatic N) is 1. The molecule has 5 nitrogen and oxygen atoms in total. The highest BCUT2D eigenvalue weighted by molar-refractivity contribution is 6.33. The number of benzene rings is 1. The van der Waals surface area contributed by atoms with Crippen LogP contribution in [-0.4, -0.2) is 43.5 Å². The van der Waals surface area contributed by atoms with Crippen LogP contribution >= 0.6 is 11.6 Å². The lowest BCUT2D eigenvalue weighted by Crippen LogP contribution is -2.41. The Morgan fingerprint density at radius 3 is 2.91 bits per heavy atom. The number of carbonyl (C=O) groups is 2. The van der Waals surface area contributed by atoms with E-state index in [4.69, 9.17) is 11.6 Å². The zero-order valence-corrected chi connectivity index (χ0v) is 13.7. The maximum absolute atomic E-state index is 12.2. The van der Waals surface area contributed by atoms with Crippen LogP contribution in [-0.2, 0) is 9.53 Å². The number of hydrogen-bond acceptors (Lipinski definition) is 4. The molecule has 6 heteroatoms. The lowest BCUT2D eigenvalue weighted by molar-refractivity contribution is -0.130. The lowest BCUT2D eigenvalue weighted by Gasteiger charge is -2.31. The van der Waals surface area contributed by atoms with Gasteiger partial charge in [-0.15, -0.1) is 0 Å². The number of piperidine rings is 1. The molecule has 1 amide bonds. The number of rotatable bonds is 4. The molecule has 1 heterocycles. The van der Waals surface area contributed by atoms with Crippen molar-refractivity contribution in [1.82, 2.24) is 4.90 Å². The van der Waals surface area contributed by atoms with E-state index in [1.807, 2.05) is 4.90 Å². The van der Waals surface area contributed by atoms with Crippen molar-refractivity contribution in [2.75, 3.05) is 32.1 Å². The first-order valence-corrected chi connectivity index (χ1v) is 7.78. The molecular formula is C16H21ClN2O3. The molecule has 120 valence electrons. The number of carbonyl (C=O) groups excluding carboxylic acids is 2. The van der Waals surface area contributed by atoms with Gasteiger partial charge in [-0.25, -0.2) is 4.79 Å². The van der Waals surface area contributed by atoms with Gasteiger partial charge in [0.15, 0.2) is 0 Å². The molecular weight excluding hydrogens is 304 g/mol. The van der Waals surface area contributed by atoms with Crippen molar-refractivity contribution in [3.8, 4) is 0 Å². The number of amides is 1. The topological polar surface area (TPSA) is 58.6 Å². The largest absolute Gasteiger partial charge is 0.465 e. The van der Waals surface area contributed by atoms with Crippen molar-refractivity contribution in [1.29, 1.82) is 0 Å². The molecule has 1 fully saturated rings. The summed E-state index contributed by atoms with van der Waals surface area (Å²) in [6.45, 7) is 4.00. The first kappa shape index (κ1) is 16.6. The quantitative estimate of drug-likeness (QED) is 0.865. The molecule has 1 N–H and O–H groups in total. The van der Waals surface area contributed by atoms with Gasteiger partial charge in [0.05, 0.1) is 24.2 Å². The Bertz CT molecular complexity index is 562. The van der Waals surface area contributed by atoms with Crippen molar-refractivity contribution in [3.63, 3.8) is 0 Å². The second-order valence-electron chi connectivity index (χ2n) is 5.63. The summed E-state index contributed by atoms with van der Waals surface area (Å²) in [4.78, 5) is 25.7. The van der Waals surface area contributed by atoms with Crippen molar-refractivity contribution < 1.29 is 14.3 Å². The number of halogens is 1. The summed E-state index contributed by atoms with van der Waals surface area (Å²) in [5, 5.41) is 3.37. The van der Waals surface area contributed by atoms with Gasteiger partial charge < -0.3 is 15.0 Å². The molecule has 0 saturated carbocycles. The molecule has 1 aromatic rings. The monoisotopic (exact) mass is 324 g/mol. The van der Waals surface area contributed by atoms with Crippen LogP contribution in [0.5, 0.6) is 0 Å². The van der Waals surface area contributed by atoms with Crippen molar-refractivity contribution >= 4 is 29.2 Å². The first-order valence-electron chi connectivity index (χ1n) is 7.40. The van der Waals surface area contributed by atoms with E-state index >= 15 is 0 Å². The van der Waals surface area contributed by atoms with Gasteiger partial charge in [-0.1, -0.05) is 18.5 Å². The third-order valence-electron chi connectivity index (χ3n) is 3.83. The third kappa shape index (κ3) is 4.13. The van der Waals surface area contributed by atoms with Gasteiger partial charge in [-0.2, -0.15) is 0 Å². The standard InChI is InChI=1S/C16H21ClN2O3/c1-11-4-3-7-19(10-11)15(20)9-18-12-5-6-14(17)13(8-12)16(21)22-2/h5-6,8,11,18H,3-4,7,9-10H2,1-2H3. The first-order chi connectivity index (χ1) is 10.5. The molecule has 22 heavy (non-hydrogen) atoms. The average Bonchev–Trinajstić information content (AvgIpc) is 2.53. The number of nitrogens with one attached hydrogen (secondary N) is 1. The molecule has 1 atom stereocenters. The highest BCUT2D eigenvalue weighted by Gasteiger charge is 2.20. The summed E-state index contributed by atoms with van der Waals surface area (Å²) < 4.78 is 4.68. The Morgan fingerprint density at radius 1 is 1.45 bits per heavy atom. The number of anilines is 1. The van der Waals surface area contributed by atoms with Crippen LogP contribution < -0.4 is 5.32 Å². The van der Waals surface area contributed by atoms with Crippen LogP contribution in [0.3, 0.4) is 0 Å². The van der Waals surface area contributed by atoms with Gasteiger partial charge in [-0.05, 0) is 37.0 Å². The molecule has 1 saturated heterocycles.